The maximum Gasteiger partial charge on any atom is 0.306 e. The molecule has 6 nitrogen and oxygen atoms in total. The molecule has 1 aromatic carbocycles. The van der Waals surface area contributed by atoms with Crippen LogP contribution in [0, 0.1) is 29.4 Å². The molecule has 190 valence electrons. The van der Waals surface area contributed by atoms with Crippen molar-refractivity contribution in [2.45, 2.75) is 76.8 Å². The first-order chi connectivity index (χ1) is 16.2. The molecule has 2 aliphatic rings. The van der Waals surface area contributed by atoms with Gasteiger partial charge in [0.2, 0.25) is 0 Å². The Bertz CT molecular complexity index is 830. The summed E-state index contributed by atoms with van der Waals surface area (Å²) in [5.41, 5.74) is 0. The number of hydrogen-bond donors (Lipinski definition) is 2. The summed E-state index contributed by atoms with van der Waals surface area (Å²) in [7, 11) is 0. The zero-order chi connectivity index (χ0) is 24.7. The molecule has 1 aromatic rings. The molecule has 0 bridgehead atoms. The molecule has 0 aromatic heterocycles. The molecule has 1 saturated carbocycles. The van der Waals surface area contributed by atoms with Crippen molar-refractivity contribution in [2.75, 3.05) is 13.2 Å². The minimum atomic E-state index is -1.03. The molecule has 0 spiro atoms. The number of benzene rings is 1. The maximum absolute atomic E-state index is 13.7. The van der Waals surface area contributed by atoms with Crippen molar-refractivity contribution >= 4 is 5.97 Å². The number of carbonyl (C=O) groups excluding carboxylic acids is 1. The number of halogens is 2. The zero-order valence-electron chi connectivity index (χ0n) is 19.9. The first-order valence-electron chi connectivity index (χ1n) is 12.2. The van der Waals surface area contributed by atoms with Gasteiger partial charge in [0.25, 0.3) is 0 Å². The molecule has 0 radical (unpaired) electrons. The number of aliphatic hydroxyl groups is 2. The average molecular weight is 483 g/mol. The van der Waals surface area contributed by atoms with E-state index in [0.717, 1.165) is 43.9 Å². The number of esters is 1. The molecule has 8 heteroatoms. The van der Waals surface area contributed by atoms with Gasteiger partial charge in [0, 0.05) is 31.4 Å². The van der Waals surface area contributed by atoms with Crippen molar-refractivity contribution in [1.29, 1.82) is 0 Å². The average Bonchev–Trinajstić information content (AvgIpc) is 2.94. The highest BCUT2D eigenvalue weighted by molar-refractivity contribution is 5.69. The second-order valence-electron chi connectivity index (χ2n) is 9.63. The molecular formula is C26H36F2O6. The Balaban J connectivity index is 1.47. The summed E-state index contributed by atoms with van der Waals surface area (Å²) in [6, 6.07) is 2.90. The molecule has 1 heterocycles. The van der Waals surface area contributed by atoms with Crippen LogP contribution < -0.4 is 4.74 Å². The monoisotopic (exact) mass is 482 g/mol. The molecule has 0 amide bonds. The molecule has 1 aliphatic carbocycles. The maximum atomic E-state index is 13.7. The van der Waals surface area contributed by atoms with Crippen LogP contribution in [-0.4, -0.2) is 53.8 Å². The van der Waals surface area contributed by atoms with E-state index in [2.05, 4.69) is 0 Å². The van der Waals surface area contributed by atoms with Gasteiger partial charge in [-0.25, -0.2) is 8.78 Å². The number of ether oxygens (including phenoxy) is 3. The van der Waals surface area contributed by atoms with Crippen LogP contribution in [-0.2, 0) is 14.3 Å². The zero-order valence-corrected chi connectivity index (χ0v) is 19.9. The van der Waals surface area contributed by atoms with E-state index in [-0.39, 0.29) is 42.4 Å². The van der Waals surface area contributed by atoms with Crippen molar-refractivity contribution < 1.29 is 38.0 Å². The number of aliphatic hydroxyl groups excluding tert-OH is 2. The minimum absolute atomic E-state index is 0.0460. The quantitative estimate of drug-likeness (QED) is 0.385. The molecule has 1 aliphatic heterocycles. The summed E-state index contributed by atoms with van der Waals surface area (Å²) < 4.78 is 43.4. The van der Waals surface area contributed by atoms with Gasteiger partial charge in [0.15, 0.2) is 11.6 Å². The Morgan fingerprint density at radius 3 is 2.85 bits per heavy atom. The van der Waals surface area contributed by atoms with Crippen LogP contribution in [0.2, 0.25) is 0 Å². The van der Waals surface area contributed by atoms with Gasteiger partial charge in [-0.1, -0.05) is 12.2 Å². The molecule has 0 unspecified atom stereocenters. The van der Waals surface area contributed by atoms with Gasteiger partial charge in [-0.15, -0.1) is 0 Å². The molecule has 34 heavy (non-hydrogen) atoms. The lowest BCUT2D eigenvalue weighted by Gasteiger charge is -2.21. The highest BCUT2D eigenvalue weighted by atomic mass is 19.1. The summed E-state index contributed by atoms with van der Waals surface area (Å²) in [6.45, 7) is 4.06. The highest BCUT2D eigenvalue weighted by Crippen LogP contribution is 2.42. The first-order valence-corrected chi connectivity index (χ1v) is 12.2. The predicted molar refractivity (Wildman–Crippen MR) is 122 cm³/mol. The fourth-order valence-electron chi connectivity index (χ4n) is 4.87. The van der Waals surface area contributed by atoms with Crippen LogP contribution in [0.1, 0.15) is 52.4 Å². The van der Waals surface area contributed by atoms with Crippen molar-refractivity contribution in [3.8, 4) is 5.75 Å². The van der Waals surface area contributed by atoms with Gasteiger partial charge in [-0.05, 0) is 63.5 Å². The Morgan fingerprint density at radius 2 is 2.09 bits per heavy atom. The third-order valence-corrected chi connectivity index (χ3v) is 6.56. The van der Waals surface area contributed by atoms with Crippen LogP contribution in [0.25, 0.3) is 0 Å². The fourth-order valence-corrected chi connectivity index (χ4v) is 4.87. The molecule has 6 atom stereocenters. The lowest BCUT2D eigenvalue weighted by molar-refractivity contribution is -0.147. The molecular weight excluding hydrogens is 446 g/mol. The molecule has 3 rings (SSSR count). The number of carbonyl (C=O) groups is 1. The van der Waals surface area contributed by atoms with Gasteiger partial charge in [0.1, 0.15) is 18.5 Å². The van der Waals surface area contributed by atoms with E-state index >= 15 is 0 Å². The highest BCUT2D eigenvalue weighted by Gasteiger charge is 2.43. The van der Waals surface area contributed by atoms with Crippen LogP contribution in [0.5, 0.6) is 5.75 Å². The first kappa shape index (κ1) is 26.6. The Kier molecular flexibility index (Phi) is 9.85. The van der Waals surface area contributed by atoms with Crippen molar-refractivity contribution in [2.24, 2.45) is 17.8 Å². The van der Waals surface area contributed by atoms with Crippen molar-refractivity contribution in [3.63, 3.8) is 0 Å². The molecule has 2 fully saturated rings. The summed E-state index contributed by atoms with van der Waals surface area (Å²) in [5.74, 6) is -1.41. The lowest BCUT2D eigenvalue weighted by Crippen LogP contribution is -2.22. The smallest absolute Gasteiger partial charge is 0.306 e. The number of hydrogen-bond acceptors (Lipinski definition) is 6. The lowest BCUT2D eigenvalue weighted by atomic mass is 9.86. The van der Waals surface area contributed by atoms with E-state index in [0.29, 0.717) is 25.4 Å². The third kappa shape index (κ3) is 7.75. The summed E-state index contributed by atoms with van der Waals surface area (Å²) in [5, 5.41) is 20.8. The molecule has 2 N–H and O–H groups in total. The number of rotatable bonds is 10. The van der Waals surface area contributed by atoms with Crippen LogP contribution in [0.15, 0.2) is 30.4 Å². The van der Waals surface area contributed by atoms with E-state index in [4.69, 9.17) is 14.2 Å². The van der Waals surface area contributed by atoms with Crippen LogP contribution in [0.3, 0.4) is 0 Å². The Labute approximate surface area is 199 Å². The standard InChI is InChI=1S/C26H36F2O6/c1-16(2)34-26(31)5-3-4-17-6-9-21-20(23(30)13-24(21)32-14-17)10-8-19(29)15-33-25-12-18(27)7-11-22(25)28/h7-8,10-12,16-17,19-21,23-24,29-30H,3-6,9,13-15H2,1-2H3/b10-8+/t17-,19-,20+,21+,23+,24-/m0/s1. The van der Waals surface area contributed by atoms with Gasteiger partial charge >= 0.3 is 5.97 Å². The summed E-state index contributed by atoms with van der Waals surface area (Å²) in [6.07, 6.45) is 6.02. The Hall–Kier alpha value is -2.03. The normalized spacial score (nSPS) is 28.0. The third-order valence-electron chi connectivity index (χ3n) is 6.56. The number of fused-ring (bicyclic) bond motifs is 1. The second kappa shape index (κ2) is 12.6. The van der Waals surface area contributed by atoms with Gasteiger partial charge in [-0.3, -0.25) is 4.79 Å². The van der Waals surface area contributed by atoms with Crippen LogP contribution in [0.4, 0.5) is 8.78 Å². The SMILES string of the molecule is CC(C)OC(=O)CCC[C@H]1CC[C@@H]2[C@@H](/C=C/[C@H](O)COc3cc(F)ccc3F)[C@H](O)C[C@@H]2OC1. The van der Waals surface area contributed by atoms with E-state index in [9.17, 15) is 23.8 Å². The van der Waals surface area contributed by atoms with Gasteiger partial charge in [0.05, 0.1) is 18.3 Å². The second-order valence-corrected chi connectivity index (χ2v) is 9.63. The van der Waals surface area contributed by atoms with Gasteiger partial charge < -0.3 is 24.4 Å². The summed E-state index contributed by atoms with van der Waals surface area (Å²) >= 11 is 0. The fraction of sp³-hybridized carbons (Fsp3) is 0.654. The minimum Gasteiger partial charge on any atom is -0.487 e. The van der Waals surface area contributed by atoms with E-state index in [1.807, 2.05) is 13.8 Å². The van der Waals surface area contributed by atoms with Crippen molar-refractivity contribution in [1.82, 2.24) is 0 Å². The molecule has 1 saturated heterocycles. The van der Waals surface area contributed by atoms with Gasteiger partial charge in [-0.2, -0.15) is 0 Å². The van der Waals surface area contributed by atoms with E-state index < -0.39 is 23.8 Å². The topological polar surface area (TPSA) is 85.2 Å². The Morgan fingerprint density at radius 1 is 1.29 bits per heavy atom. The van der Waals surface area contributed by atoms with E-state index in [1.165, 1.54) is 6.08 Å². The summed E-state index contributed by atoms with van der Waals surface area (Å²) in [4.78, 5) is 11.7. The van der Waals surface area contributed by atoms with Crippen molar-refractivity contribution in [3.05, 3.63) is 42.0 Å². The van der Waals surface area contributed by atoms with Crippen LogP contribution >= 0.6 is 0 Å². The van der Waals surface area contributed by atoms with E-state index in [1.54, 1.807) is 6.08 Å². The predicted octanol–water partition coefficient (Wildman–Crippen LogP) is 4.17. The largest absolute Gasteiger partial charge is 0.487 e.